The first-order valence-corrected chi connectivity index (χ1v) is 5.75. The highest BCUT2D eigenvalue weighted by atomic mass is 15.1. The van der Waals surface area contributed by atoms with Gasteiger partial charge in [0.1, 0.15) is 0 Å². The van der Waals surface area contributed by atoms with Crippen LogP contribution in [0, 0.1) is 5.92 Å². The van der Waals surface area contributed by atoms with Crippen LogP contribution in [0.5, 0.6) is 0 Å². The van der Waals surface area contributed by atoms with E-state index < -0.39 is 0 Å². The molecule has 0 aromatic rings. The van der Waals surface area contributed by atoms with Crippen LogP contribution >= 0.6 is 0 Å². The van der Waals surface area contributed by atoms with E-state index in [2.05, 4.69) is 39.9 Å². The van der Waals surface area contributed by atoms with E-state index in [-0.39, 0.29) is 0 Å². The molecule has 1 saturated heterocycles. The van der Waals surface area contributed by atoms with Crippen LogP contribution in [0.25, 0.3) is 0 Å². The molecular formula is C12H25N. The fourth-order valence-corrected chi connectivity index (χ4v) is 2.43. The third-order valence-corrected chi connectivity index (χ3v) is 4.32. The molecule has 1 heteroatoms. The fraction of sp³-hybridized carbons (Fsp3) is 1.00. The van der Waals surface area contributed by atoms with Crippen LogP contribution in [-0.4, -0.2) is 11.1 Å². The SMILES string of the molecule is CCC1(C)CCC(C)C(C)(CC)N1. The minimum atomic E-state index is 0.364. The molecule has 3 unspecified atom stereocenters. The van der Waals surface area contributed by atoms with Gasteiger partial charge in [0, 0.05) is 11.1 Å². The summed E-state index contributed by atoms with van der Waals surface area (Å²) in [6.07, 6.45) is 5.20. The minimum absolute atomic E-state index is 0.364. The van der Waals surface area contributed by atoms with Crippen molar-refractivity contribution in [1.82, 2.24) is 5.32 Å². The summed E-state index contributed by atoms with van der Waals surface area (Å²) in [7, 11) is 0. The molecule has 0 radical (unpaired) electrons. The Balaban J connectivity index is 2.74. The van der Waals surface area contributed by atoms with Crippen molar-refractivity contribution >= 4 is 0 Å². The van der Waals surface area contributed by atoms with Gasteiger partial charge in [-0.05, 0) is 45.4 Å². The summed E-state index contributed by atoms with van der Waals surface area (Å²) < 4.78 is 0. The lowest BCUT2D eigenvalue weighted by Gasteiger charge is -2.50. The van der Waals surface area contributed by atoms with Crippen LogP contribution in [0.15, 0.2) is 0 Å². The molecule has 13 heavy (non-hydrogen) atoms. The summed E-state index contributed by atoms with van der Waals surface area (Å²) in [6.45, 7) is 11.7. The molecule has 0 saturated carbocycles. The summed E-state index contributed by atoms with van der Waals surface area (Å²) in [5, 5.41) is 3.86. The standard InChI is InChI=1S/C12H25N/c1-6-11(4)9-8-10(3)12(5,7-2)13-11/h10,13H,6-9H2,1-5H3. The zero-order valence-electron chi connectivity index (χ0n) is 9.91. The summed E-state index contributed by atoms with van der Waals surface area (Å²) in [5.41, 5.74) is 0.750. The monoisotopic (exact) mass is 183 g/mol. The maximum atomic E-state index is 3.86. The Hall–Kier alpha value is -0.0400. The average molecular weight is 183 g/mol. The zero-order chi connectivity index (χ0) is 10.1. The van der Waals surface area contributed by atoms with Crippen LogP contribution in [-0.2, 0) is 0 Å². The molecule has 0 bridgehead atoms. The molecule has 1 aliphatic rings. The largest absolute Gasteiger partial charge is 0.306 e. The van der Waals surface area contributed by atoms with Crippen molar-refractivity contribution in [3.8, 4) is 0 Å². The van der Waals surface area contributed by atoms with Gasteiger partial charge in [-0.3, -0.25) is 0 Å². The van der Waals surface area contributed by atoms with Crippen molar-refractivity contribution in [2.45, 2.75) is 71.4 Å². The topological polar surface area (TPSA) is 12.0 Å². The van der Waals surface area contributed by atoms with Gasteiger partial charge in [-0.15, -0.1) is 0 Å². The predicted octanol–water partition coefficient (Wildman–Crippen LogP) is 3.34. The summed E-state index contributed by atoms with van der Waals surface area (Å²) >= 11 is 0. The number of hydrogen-bond acceptors (Lipinski definition) is 1. The van der Waals surface area contributed by atoms with Crippen molar-refractivity contribution in [2.75, 3.05) is 0 Å². The van der Waals surface area contributed by atoms with Crippen molar-refractivity contribution in [3.63, 3.8) is 0 Å². The highest BCUT2D eigenvalue weighted by Gasteiger charge is 2.40. The number of piperidine rings is 1. The lowest BCUT2D eigenvalue weighted by Crippen LogP contribution is -2.61. The number of hydrogen-bond donors (Lipinski definition) is 1. The van der Waals surface area contributed by atoms with Gasteiger partial charge in [0.05, 0.1) is 0 Å². The molecule has 1 N–H and O–H groups in total. The van der Waals surface area contributed by atoms with E-state index in [1.165, 1.54) is 25.7 Å². The van der Waals surface area contributed by atoms with E-state index in [9.17, 15) is 0 Å². The van der Waals surface area contributed by atoms with E-state index in [4.69, 9.17) is 0 Å². The lowest BCUT2D eigenvalue weighted by molar-refractivity contribution is 0.0915. The molecule has 1 rings (SSSR count). The first kappa shape index (κ1) is 11.0. The van der Waals surface area contributed by atoms with E-state index in [1.54, 1.807) is 0 Å². The molecule has 1 fully saturated rings. The Kier molecular flexibility index (Phi) is 3.06. The molecule has 0 aliphatic carbocycles. The average Bonchev–Trinajstić information content (AvgIpc) is 2.12. The highest BCUT2D eigenvalue weighted by Crippen LogP contribution is 2.36. The molecule has 1 aliphatic heterocycles. The van der Waals surface area contributed by atoms with Gasteiger partial charge in [-0.1, -0.05) is 20.8 Å². The Bertz CT molecular complexity index is 178. The third-order valence-electron chi connectivity index (χ3n) is 4.32. The summed E-state index contributed by atoms with van der Waals surface area (Å²) in [4.78, 5) is 0. The molecular weight excluding hydrogens is 158 g/mol. The molecule has 0 amide bonds. The van der Waals surface area contributed by atoms with Crippen molar-refractivity contribution in [2.24, 2.45) is 5.92 Å². The van der Waals surface area contributed by atoms with Gasteiger partial charge in [-0.2, -0.15) is 0 Å². The van der Waals surface area contributed by atoms with Gasteiger partial charge >= 0.3 is 0 Å². The number of rotatable bonds is 2. The molecule has 1 nitrogen and oxygen atoms in total. The second-order valence-corrected chi connectivity index (χ2v) is 5.25. The molecule has 1 heterocycles. The van der Waals surface area contributed by atoms with Crippen molar-refractivity contribution < 1.29 is 0 Å². The second kappa shape index (κ2) is 3.61. The first-order valence-electron chi connectivity index (χ1n) is 5.75. The predicted molar refractivity (Wildman–Crippen MR) is 58.9 cm³/mol. The van der Waals surface area contributed by atoms with Crippen molar-refractivity contribution in [1.29, 1.82) is 0 Å². The maximum Gasteiger partial charge on any atom is 0.0181 e. The molecule has 0 spiro atoms. The molecule has 78 valence electrons. The smallest absolute Gasteiger partial charge is 0.0181 e. The highest BCUT2D eigenvalue weighted by molar-refractivity contribution is 5.00. The van der Waals surface area contributed by atoms with Gasteiger partial charge in [0.2, 0.25) is 0 Å². The fourth-order valence-electron chi connectivity index (χ4n) is 2.43. The maximum absolute atomic E-state index is 3.86. The quantitative estimate of drug-likeness (QED) is 0.692. The first-order chi connectivity index (χ1) is 5.96. The number of nitrogens with one attached hydrogen (secondary N) is 1. The van der Waals surface area contributed by atoms with Crippen LogP contribution in [0.4, 0.5) is 0 Å². The van der Waals surface area contributed by atoms with Crippen molar-refractivity contribution in [3.05, 3.63) is 0 Å². The normalized spacial score (nSPS) is 46.4. The van der Waals surface area contributed by atoms with E-state index in [0.717, 1.165) is 5.92 Å². The molecule has 0 aromatic heterocycles. The third kappa shape index (κ3) is 2.07. The Labute approximate surface area is 83.3 Å². The Morgan fingerprint density at radius 1 is 1.23 bits per heavy atom. The summed E-state index contributed by atoms with van der Waals surface area (Å²) in [5.74, 6) is 0.817. The second-order valence-electron chi connectivity index (χ2n) is 5.25. The van der Waals surface area contributed by atoms with Crippen LogP contribution in [0.1, 0.15) is 60.3 Å². The van der Waals surface area contributed by atoms with E-state index >= 15 is 0 Å². The van der Waals surface area contributed by atoms with Crippen LogP contribution in [0.3, 0.4) is 0 Å². The van der Waals surface area contributed by atoms with Gasteiger partial charge in [-0.25, -0.2) is 0 Å². The summed E-state index contributed by atoms with van der Waals surface area (Å²) in [6, 6.07) is 0. The van der Waals surface area contributed by atoms with Gasteiger partial charge in [0.25, 0.3) is 0 Å². The van der Waals surface area contributed by atoms with E-state index in [0.29, 0.717) is 11.1 Å². The zero-order valence-corrected chi connectivity index (χ0v) is 9.91. The lowest BCUT2D eigenvalue weighted by atomic mass is 9.72. The van der Waals surface area contributed by atoms with Crippen LogP contribution < -0.4 is 5.32 Å². The van der Waals surface area contributed by atoms with Gasteiger partial charge < -0.3 is 5.32 Å². The Morgan fingerprint density at radius 2 is 1.85 bits per heavy atom. The Morgan fingerprint density at radius 3 is 2.31 bits per heavy atom. The molecule has 0 aromatic carbocycles. The van der Waals surface area contributed by atoms with Gasteiger partial charge in [0.15, 0.2) is 0 Å². The van der Waals surface area contributed by atoms with Crippen LogP contribution in [0.2, 0.25) is 0 Å². The van der Waals surface area contributed by atoms with E-state index in [1.807, 2.05) is 0 Å². The minimum Gasteiger partial charge on any atom is -0.306 e. The molecule has 3 atom stereocenters.